The van der Waals surface area contributed by atoms with Crippen molar-refractivity contribution < 1.29 is 4.74 Å². The van der Waals surface area contributed by atoms with Crippen LogP contribution < -0.4 is 9.80 Å². The Hall–Kier alpha value is -1.18. The first kappa shape index (κ1) is 30.4. The number of aromatic nitrogens is 3. The topological polar surface area (TPSA) is 57.6 Å². The molecular formula is C29H53ClN6O. The Morgan fingerprint density at radius 1 is 0.973 bits per heavy atom. The average molecular weight is 537 g/mol. The van der Waals surface area contributed by atoms with Crippen LogP contribution in [0.25, 0.3) is 0 Å². The van der Waals surface area contributed by atoms with Crippen LogP contribution in [0.5, 0.6) is 0 Å². The van der Waals surface area contributed by atoms with E-state index >= 15 is 0 Å². The molecule has 2 unspecified atom stereocenters. The number of nitrogens with zero attached hydrogens (tertiary/aromatic N) is 6. The molecule has 0 aromatic carbocycles. The van der Waals surface area contributed by atoms with E-state index in [-0.39, 0.29) is 40.7 Å². The lowest BCUT2D eigenvalue weighted by Crippen LogP contribution is -2.68. The molecule has 1 aromatic rings. The Balaban J connectivity index is 1.95. The van der Waals surface area contributed by atoms with E-state index in [0.29, 0.717) is 11.9 Å². The number of piperidine rings is 2. The van der Waals surface area contributed by atoms with Gasteiger partial charge in [0.05, 0.1) is 12.3 Å². The van der Waals surface area contributed by atoms with Gasteiger partial charge in [0.1, 0.15) is 0 Å². The fraction of sp³-hybridized carbons (Fsp3) is 0.897. The standard InChI is InChI=1S/C29H53ClN6O/c1-10-11-12-13-19-37-23-15-18-34(24(20-23)36-28(6,7)16-14-17-29(36,8)9)26-31-25(30)32-27(33-26)35(21(2)3)22(4)5/h21-24H,10-20H2,1-9H3. The summed E-state index contributed by atoms with van der Waals surface area (Å²) in [6, 6.07) is 0.517. The molecule has 37 heavy (non-hydrogen) atoms. The van der Waals surface area contributed by atoms with Crippen molar-refractivity contribution >= 4 is 23.5 Å². The van der Waals surface area contributed by atoms with Crippen LogP contribution in [0.4, 0.5) is 11.9 Å². The van der Waals surface area contributed by atoms with Gasteiger partial charge in [0.15, 0.2) is 0 Å². The third kappa shape index (κ3) is 7.48. The monoisotopic (exact) mass is 536 g/mol. The second-order valence-electron chi connectivity index (χ2n) is 12.9. The fourth-order valence-electron chi connectivity index (χ4n) is 6.77. The first-order chi connectivity index (χ1) is 17.4. The highest BCUT2D eigenvalue weighted by Crippen LogP contribution is 2.43. The van der Waals surface area contributed by atoms with E-state index < -0.39 is 0 Å². The number of likely N-dealkylation sites (tertiary alicyclic amines) is 1. The lowest BCUT2D eigenvalue weighted by Gasteiger charge is -2.59. The molecule has 0 spiro atoms. The summed E-state index contributed by atoms with van der Waals surface area (Å²) in [7, 11) is 0. The minimum absolute atomic E-state index is 0.0647. The lowest BCUT2D eigenvalue weighted by molar-refractivity contribution is -0.0894. The molecule has 0 amide bonds. The molecule has 1 aromatic heterocycles. The van der Waals surface area contributed by atoms with Gasteiger partial charge in [-0.15, -0.1) is 0 Å². The molecule has 2 aliphatic heterocycles. The predicted octanol–water partition coefficient (Wildman–Crippen LogP) is 7.08. The zero-order chi connectivity index (χ0) is 27.4. The van der Waals surface area contributed by atoms with Gasteiger partial charge in [-0.3, -0.25) is 4.90 Å². The van der Waals surface area contributed by atoms with E-state index in [0.717, 1.165) is 32.4 Å². The molecular weight excluding hydrogens is 484 g/mol. The summed E-state index contributed by atoms with van der Waals surface area (Å²) in [5.41, 5.74) is 0.129. The maximum Gasteiger partial charge on any atom is 0.232 e. The predicted molar refractivity (Wildman–Crippen MR) is 156 cm³/mol. The van der Waals surface area contributed by atoms with Crippen molar-refractivity contribution in [2.45, 2.75) is 156 Å². The van der Waals surface area contributed by atoms with Crippen molar-refractivity contribution in [3.8, 4) is 0 Å². The first-order valence-corrected chi connectivity index (χ1v) is 15.1. The summed E-state index contributed by atoms with van der Waals surface area (Å²) in [6.45, 7) is 22.2. The van der Waals surface area contributed by atoms with Gasteiger partial charge in [0, 0.05) is 42.7 Å². The van der Waals surface area contributed by atoms with Gasteiger partial charge in [-0.05, 0) is 99.1 Å². The van der Waals surface area contributed by atoms with E-state index in [9.17, 15) is 0 Å². The summed E-state index contributed by atoms with van der Waals surface area (Å²) < 4.78 is 6.48. The number of rotatable bonds is 11. The van der Waals surface area contributed by atoms with Crippen molar-refractivity contribution in [3.05, 3.63) is 5.28 Å². The van der Waals surface area contributed by atoms with Gasteiger partial charge in [-0.1, -0.05) is 26.2 Å². The van der Waals surface area contributed by atoms with E-state index in [4.69, 9.17) is 26.3 Å². The quantitative estimate of drug-likeness (QED) is 0.280. The molecule has 2 fully saturated rings. The third-order valence-electron chi connectivity index (χ3n) is 8.24. The Labute approximate surface area is 231 Å². The Morgan fingerprint density at radius 3 is 2.22 bits per heavy atom. The molecule has 7 nitrogen and oxygen atoms in total. The van der Waals surface area contributed by atoms with Crippen LogP contribution in [-0.2, 0) is 4.74 Å². The number of halogens is 1. The summed E-state index contributed by atoms with van der Waals surface area (Å²) in [5, 5.41) is 0.261. The second kappa shape index (κ2) is 12.8. The van der Waals surface area contributed by atoms with Crippen molar-refractivity contribution in [2.24, 2.45) is 0 Å². The maximum atomic E-state index is 6.55. The lowest BCUT2D eigenvalue weighted by atomic mass is 9.78. The second-order valence-corrected chi connectivity index (χ2v) is 13.2. The number of hydrogen-bond acceptors (Lipinski definition) is 7. The van der Waals surface area contributed by atoms with Crippen molar-refractivity contribution in [1.29, 1.82) is 0 Å². The van der Waals surface area contributed by atoms with Crippen LogP contribution in [0.3, 0.4) is 0 Å². The number of hydrogen-bond donors (Lipinski definition) is 0. The molecule has 212 valence electrons. The van der Waals surface area contributed by atoms with Crippen LogP contribution in [0.1, 0.15) is 120 Å². The van der Waals surface area contributed by atoms with Gasteiger partial charge in [-0.2, -0.15) is 15.0 Å². The van der Waals surface area contributed by atoms with Crippen LogP contribution >= 0.6 is 11.6 Å². The highest BCUT2D eigenvalue weighted by atomic mass is 35.5. The molecule has 3 rings (SSSR count). The molecule has 2 saturated heterocycles. The van der Waals surface area contributed by atoms with Gasteiger partial charge in [0.25, 0.3) is 0 Å². The fourth-order valence-corrected chi connectivity index (χ4v) is 6.92. The van der Waals surface area contributed by atoms with E-state index in [1.165, 1.54) is 38.5 Å². The van der Waals surface area contributed by atoms with E-state index in [1.807, 2.05) is 0 Å². The van der Waals surface area contributed by atoms with Gasteiger partial charge >= 0.3 is 0 Å². The summed E-state index contributed by atoms with van der Waals surface area (Å²) in [4.78, 5) is 21.6. The van der Waals surface area contributed by atoms with Crippen molar-refractivity contribution in [2.75, 3.05) is 23.0 Å². The van der Waals surface area contributed by atoms with Crippen molar-refractivity contribution in [3.63, 3.8) is 0 Å². The smallest absolute Gasteiger partial charge is 0.232 e. The van der Waals surface area contributed by atoms with E-state index in [1.54, 1.807) is 0 Å². The van der Waals surface area contributed by atoms with Gasteiger partial charge in [-0.25, -0.2) is 0 Å². The number of anilines is 2. The molecule has 2 atom stereocenters. The largest absolute Gasteiger partial charge is 0.378 e. The van der Waals surface area contributed by atoms with Gasteiger partial charge < -0.3 is 14.5 Å². The molecule has 8 heteroatoms. The Morgan fingerprint density at radius 2 is 1.62 bits per heavy atom. The summed E-state index contributed by atoms with van der Waals surface area (Å²) in [5.74, 6) is 1.34. The van der Waals surface area contributed by atoms with Crippen LogP contribution in [-0.4, -0.2) is 68.4 Å². The normalized spacial score (nSPS) is 24.2. The third-order valence-corrected chi connectivity index (χ3v) is 8.41. The SMILES string of the molecule is CCCCCCOC1CCN(c2nc(Cl)nc(N(C(C)C)C(C)C)n2)C(N2C(C)(C)CCCC2(C)C)C1. The van der Waals surface area contributed by atoms with Crippen molar-refractivity contribution in [1.82, 2.24) is 19.9 Å². The zero-order valence-corrected chi connectivity index (χ0v) is 25.8. The summed E-state index contributed by atoms with van der Waals surface area (Å²) in [6.07, 6.45) is 10.8. The Kier molecular flexibility index (Phi) is 10.5. The highest BCUT2D eigenvalue weighted by Gasteiger charge is 2.49. The minimum atomic E-state index is 0.0647. The maximum absolute atomic E-state index is 6.55. The Bertz CT molecular complexity index is 837. The molecule has 0 aliphatic carbocycles. The molecule has 3 heterocycles. The van der Waals surface area contributed by atoms with Gasteiger partial charge in [0.2, 0.25) is 17.2 Å². The van der Waals surface area contributed by atoms with Crippen LogP contribution in [0.15, 0.2) is 0 Å². The number of unbranched alkanes of at least 4 members (excludes halogenated alkanes) is 3. The summed E-state index contributed by atoms with van der Waals surface area (Å²) >= 11 is 6.55. The molecule has 0 radical (unpaired) electrons. The van der Waals surface area contributed by atoms with E-state index in [2.05, 4.69) is 82.0 Å². The molecule has 2 aliphatic rings. The number of ether oxygens (including phenoxy) is 1. The highest BCUT2D eigenvalue weighted by molar-refractivity contribution is 6.28. The average Bonchev–Trinajstić information content (AvgIpc) is 2.77. The zero-order valence-electron chi connectivity index (χ0n) is 25.1. The molecule has 0 N–H and O–H groups in total. The molecule has 0 saturated carbocycles. The molecule has 0 bridgehead atoms. The van der Waals surface area contributed by atoms with Crippen LogP contribution in [0.2, 0.25) is 5.28 Å². The van der Waals surface area contributed by atoms with Crippen LogP contribution in [0, 0.1) is 0 Å². The first-order valence-electron chi connectivity index (χ1n) is 14.7. The minimum Gasteiger partial charge on any atom is -0.378 e.